The van der Waals surface area contributed by atoms with E-state index in [0.717, 1.165) is 13.1 Å². The standard InChI is InChI=1S/C16H25NO2/c1-5-17(6-2)15(12-16(18)19-7-3)14-11-9-8-10-13(14)4/h8-11,15H,5-7,12H2,1-4H3. The third kappa shape index (κ3) is 4.35. The predicted octanol–water partition coefficient (Wildman–Crippen LogP) is 3.33. The van der Waals surface area contributed by atoms with Gasteiger partial charge in [0.25, 0.3) is 0 Å². The van der Waals surface area contributed by atoms with Crippen molar-refractivity contribution in [3.63, 3.8) is 0 Å². The summed E-state index contributed by atoms with van der Waals surface area (Å²) in [6.45, 7) is 10.5. The van der Waals surface area contributed by atoms with E-state index in [1.165, 1.54) is 11.1 Å². The second-order valence-corrected chi connectivity index (χ2v) is 4.60. The lowest BCUT2D eigenvalue weighted by molar-refractivity contribution is -0.144. The van der Waals surface area contributed by atoms with Crippen molar-refractivity contribution in [2.45, 2.75) is 40.2 Å². The Hall–Kier alpha value is -1.35. The molecule has 0 fully saturated rings. The van der Waals surface area contributed by atoms with Gasteiger partial charge < -0.3 is 4.74 Å². The summed E-state index contributed by atoms with van der Waals surface area (Å²) in [6.07, 6.45) is 0.417. The van der Waals surface area contributed by atoms with Crippen molar-refractivity contribution < 1.29 is 9.53 Å². The molecule has 0 amide bonds. The first-order chi connectivity index (χ1) is 9.13. The number of nitrogens with zero attached hydrogens (tertiary/aromatic N) is 1. The normalized spacial score (nSPS) is 12.5. The molecule has 0 spiro atoms. The van der Waals surface area contributed by atoms with Gasteiger partial charge in [-0.3, -0.25) is 9.69 Å². The number of aryl methyl sites for hydroxylation is 1. The molecule has 0 aromatic heterocycles. The van der Waals surface area contributed by atoms with E-state index in [9.17, 15) is 4.79 Å². The highest BCUT2D eigenvalue weighted by molar-refractivity contribution is 5.70. The Balaban J connectivity index is 2.98. The number of hydrogen-bond donors (Lipinski definition) is 0. The molecule has 0 heterocycles. The van der Waals surface area contributed by atoms with Crippen LogP contribution in [0.5, 0.6) is 0 Å². The number of rotatable bonds is 7. The van der Waals surface area contributed by atoms with E-state index in [1.54, 1.807) is 0 Å². The quantitative estimate of drug-likeness (QED) is 0.707. The number of benzene rings is 1. The molecule has 3 heteroatoms. The molecule has 0 aliphatic carbocycles. The molecule has 0 saturated carbocycles. The van der Waals surface area contributed by atoms with Crippen molar-refractivity contribution in [3.8, 4) is 0 Å². The maximum atomic E-state index is 11.8. The minimum Gasteiger partial charge on any atom is -0.466 e. The lowest BCUT2D eigenvalue weighted by Gasteiger charge is -2.30. The van der Waals surface area contributed by atoms with Gasteiger partial charge in [-0.25, -0.2) is 0 Å². The van der Waals surface area contributed by atoms with Crippen LogP contribution in [-0.4, -0.2) is 30.6 Å². The number of esters is 1. The van der Waals surface area contributed by atoms with E-state index in [1.807, 2.05) is 19.1 Å². The average molecular weight is 263 g/mol. The molecule has 0 saturated heterocycles. The highest BCUT2D eigenvalue weighted by atomic mass is 16.5. The second-order valence-electron chi connectivity index (χ2n) is 4.60. The molecule has 1 unspecified atom stereocenters. The summed E-state index contributed by atoms with van der Waals surface area (Å²) >= 11 is 0. The van der Waals surface area contributed by atoms with Gasteiger partial charge in [-0.15, -0.1) is 0 Å². The summed E-state index contributed by atoms with van der Waals surface area (Å²) in [6, 6.07) is 8.37. The fraction of sp³-hybridized carbons (Fsp3) is 0.562. The van der Waals surface area contributed by atoms with E-state index >= 15 is 0 Å². The van der Waals surface area contributed by atoms with Gasteiger partial charge in [-0.05, 0) is 38.1 Å². The maximum absolute atomic E-state index is 11.8. The maximum Gasteiger partial charge on any atom is 0.307 e. The van der Waals surface area contributed by atoms with Gasteiger partial charge in [0, 0.05) is 6.04 Å². The van der Waals surface area contributed by atoms with Gasteiger partial charge in [-0.1, -0.05) is 38.1 Å². The van der Waals surface area contributed by atoms with Crippen molar-refractivity contribution >= 4 is 5.97 Å². The van der Waals surface area contributed by atoms with Gasteiger partial charge >= 0.3 is 5.97 Å². The first-order valence-corrected chi connectivity index (χ1v) is 7.09. The smallest absolute Gasteiger partial charge is 0.307 e. The van der Waals surface area contributed by atoms with Crippen LogP contribution in [0.4, 0.5) is 0 Å². The molecule has 0 N–H and O–H groups in total. The topological polar surface area (TPSA) is 29.5 Å². The number of ether oxygens (including phenoxy) is 1. The monoisotopic (exact) mass is 263 g/mol. The van der Waals surface area contributed by atoms with Crippen LogP contribution in [0.3, 0.4) is 0 Å². The van der Waals surface area contributed by atoms with E-state index in [0.29, 0.717) is 13.0 Å². The molecule has 19 heavy (non-hydrogen) atoms. The molecule has 1 rings (SSSR count). The fourth-order valence-corrected chi connectivity index (χ4v) is 2.44. The predicted molar refractivity (Wildman–Crippen MR) is 78.1 cm³/mol. The Bertz CT molecular complexity index is 399. The number of carbonyl (C=O) groups excluding carboxylic acids is 1. The lowest BCUT2D eigenvalue weighted by Crippen LogP contribution is -2.31. The molecule has 1 aromatic carbocycles. The van der Waals surface area contributed by atoms with Gasteiger partial charge in [0.2, 0.25) is 0 Å². The zero-order valence-electron chi connectivity index (χ0n) is 12.5. The number of hydrogen-bond acceptors (Lipinski definition) is 3. The largest absolute Gasteiger partial charge is 0.466 e. The van der Waals surface area contributed by atoms with Crippen LogP contribution < -0.4 is 0 Å². The molecular formula is C16H25NO2. The minimum absolute atomic E-state index is 0.107. The van der Waals surface area contributed by atoms with E-state index in [-0.39, 0.29) is 12.0 Å². The van der Waals surface area contributed by atoms with Crippen molar-refractivity contribution in [2.24, 2.45) is 0 Å². The summed E-state index contributed by atoms with van der Waals surface area (Å²) in [4.78, 5) is 14.1. The van der Waals surface area contributed by atoms with Crippen LogP contribution in [0.2, 0.25) is 0 Å². The number of carbonyl (C=O) groups is 1. The third-order valence-corrected chi connectivity index (χ3v) is 3.47. The van der Waals surface area contributed by atoms with E-state index in [4.69, 9.17) is 4.74 Å². The molecule has 1 aromatic rings. The Labute approximate surface area is 116 Å². The highest BCUT2D eigenvalue weighted by Crippen LogP contribution is 2.27. The first kappa shape index (κ1) is 15.7. The van der Waals surface area contributed by atoms with Crippen molar-refractivity contribution in [1.29, 1.82) is 0 Å². The van der Waals surface area contributed by atoms with Gasteiger partial charge in [0.15, 0.2) is 0 Å². The van der Waals surface area contributed by atoms with Crippen LogP contribution in [0, 0.1) is 6.92 Å². The second kappa shape index (κ2) is 7.95. The molecule has 0 bridgehead atoms. The van der Waals surface area contributed by atoms with Crippen LogP contribution >= 0.6 is 0 Å². The summed E-state index contributed by atoms with van der Waals surface area (Å²) in [5, 5.41) is 0. The van der Waals surface area contributed by atoms with Crippen LogP contribution in [0.1, 0.15) is 44.4 Å². The molecule has 3 nitrogen and oxygen atoms in total. The third-order valence-electron chi connectivity index (χ3n) is 3.47. The Morgan fingerprint density at radius 2 is 1.84 bits per heavy atom. The van der Waals surface area contributed by atoms with E-state index in [2.05, 4.69) is 37.8 Å². The van der Waals surface area contributed by atoms with Gasteiger partial charge in [0.05, 0.1) is 13.0 Å². The zero-order chi connectivity index (χ0) is 14.3. The van der Waals surface area contributed by atoms with Crippen LogP contribution in [0.25, 0.3) is 0 Å². The summed E-state index contributed by atoms with van der Waals surface area (Å²) in [5.74, 6) is -0.123. The van der Waals surface area contributed by atoms with Crippen LogP contribution in [0.15, 0.2) is 24.3 Å². The minimum atomic E-state index is -0.123. The van der Waals surface area contributed by atoms with Gasteiger partial charge in [0.1, 0.15) is 0 Å². The van der Waals surface area contributed by atoms with Crippen molar-refractivity contribution in [3.05, 3.63) is 35.4 Å². The van der Waals surface area contributed by atoms with Crippen molar-refractivity contribution in [1.82, 2.24) is 4.90 Å². The Morgan fingerprint density at radius 3 is 2.37 bits per heavy atom. The molecule has 0 aliphatic heterocycles. The van der Waals surface area contributed by atoms with Gasteiger partial charge in [-0.2, -0.15) is 0 Å². The first-order valence-electron chi connectivity index (χ1n) is 7.09. The summed E-state index contributed by atoms with van der Waals surface area (Å²) in [7, 11) is 0. The zero-order valence-corrected chi connectivity index (χ0v) is 12.5. The molecule has 0 aliphatic rings. The Kier molecular flexibility index (Phi) is 6.57. The molecule has 1 atom stereocenters. The van der Waals surface area contributed by atoms with Crippen LogP contribution in [-0.2, 0) is 9.53 Å². The molecular weight excluding hydrogens is 238 g/mol. The molecule has 106 valence electrons. The van der Waals surface area contributed by atoms with Crippen molar-refractivity contribution in [2.75, 3.05) is 19.7 Å². The molecule has 0 radical (unpaired) electrons. The fourth-order valence-electron chi connectivity index (χ4n) is 2.44. The van der Waals surface area contributed by atoms with E-state index < -0.39 is 0 Å². The lowest BCUT2D eigenvalue weighted by atomic mass is 9.97. The highest BCUT2D eigenvalue weighted by Gasteiger charge is 2.23. The summed E-state index contributed by atoms with van der Waals surface area (Å²) < 4.78 is 5.11. The Morgan fingerprint density at radius 1 is 1.21 bits per heavy atom. The SMILES string of the molecule is CCOC(=O)CC(c1ccccc1C)N(CC)CC. The summed E-state index contributed by atoms with van der Waals surface area (Å²) in [5.41, 5.74) is 2.45. The average Bonchev–Trinajstić information content (AvgIpc) is 2.40.